The number of aliphatic hydroxyl groups excluding tert-OH is 1. The maximum atomic E-state index is 15.1. The molecule has 0 radical (unpaired) electrons. The molecule has 0 aromatic heterocycles. The number of rotatable bonds is 15. The van der Waals surface area contributed by atoms with Crippen LogP contribution in [-0.4, -0.2) is 88.6 Å². The lowest BCUT2D eigenvalue weighted by atomic mass is 9.70. The molecule has 1 spiro atoms. The second-order valence-corrected chi connectivity index (χ2v) is 14.6. The van der Waals surface area contributed by atoms with E-state index in [1.165, 1.54) is 4.90 Å². The van der Waals surface area contributed by atoms with E-state index in [0.29, 0.717) is 24.8 Å². The summed E-state index contributed by atoms with van der Waals surface area (Å²) in [5.74, 6) is -3.63. The number of hydrogen-bond donors (Lipinski definition) is 1. The number of amides is 3. The fourth-order valence-corrected chi connectivity index (χ4v) is 8.54. The summed E-state index contributed by atoms with van der Waals surface area (Å²) >= 11 is 0. The minimum Gasteiger partial charge on any atom is -0.455 e. The molecule has 0 unspecified atom stereocenters. The highest BCUT2D eigenvalue weighted by atomic mass is 16.6. The van der Waals surface area contributed by atoms with Crippen LogP contribution in [0.4, 0.5) is 5.69 Å². The van der Waals surface area contributed by atoms with Crippen molar-refractivity contribution in [3.05, 3.63) is 90.5 Å². The summed E-state index contributed by atoms with van der Waals surface area (Å²) in [5.41, 5.74) is 1.93. The highest BCUT2D eigenvalue weighted by Crippen LogP contribution is 2.60. The van der Waals surface area contributed by atoms with E-state index in [1.807, 2.05) is 83.1 Å². The van der Waals surface area contributed by atoms with Gasteiger partial charge in [0.1, 0.15) is 17.7 Å². The van der Waals surface area contributed by atoms with E-state index in [4.69, 9.17) is 9.47 Å². The fourth-order valence-electron chi connectivity index (χ4n) is 8.54. The summed E-state index contributed by atoms with van der Waals surface area (Å²) in [7, 11) is 1.69. The van der Waals surface area contributed by atoms with Gasteiger partial charge in [0, 0.05) is 25.7 Å². The molecule has 10 nitrogen and oxygen atoms in total. The van der Waals surface area contributed by atoms with Crippen molar-refractivity contribution in [3.8, 4) is 0 Å². The number of allylic oxidation sites excluding steroid dienone is 1. The second-order valence-electron chi connectivity index (χ2n) is 14.6. The Morgan fingerprint density at radius 3 is 2.31 bits per heavy atom. The summed E-state index contributed by atoms with van der Waals surface area (Å²) in [6.45, 7) is 17.0. The molecule has 3 heterocycles. The minimum atomic E-state index is -1.30. The van der Waals surface area contributed by atoms with Crippen molar-refractivity contribution in [1.29, 1.82) is 0 Å². The number of carbonyl (C=O) groups excluding carboxylic acids is 4. The zero-order valence-electron chi connectivity index (χ0n) is 30.8. The van der Waals surface area contributed by atoms with Crippen LogP contribution >= 0.6 is 0 Å². The number of anilines is 1. The molecule has 5 rings (SSSR count). The van der Waals surface area contributed by atoms with Crippen LogP contribution in [0.1, 0.15) is 69.2 Å². The Morgan fingerprint density at radius 1 is 1.06 bits per heavy atom. The van der Waals surface area contributed by atoms with Gasteiger partial charge in [-0.1, -0.05) is 74.5 Å². The van der Waals surface area contributed by atoms with Crippen molar-refractivity contribution < 1.29 is 33.8 Å². The van der Waals surface area contributed by atoms with Gasteiger partial charge in [-0.15, -0.1) is 13.2 Å². The quantitative estimate of drug-likeness (QED) is 0.198. The predicted octanol–water partition coefficient (Wildman–Crippen LogP) is 5.31. The first-order valence-corrected chi connectivity index (χ1v) is 18.1. The van der Waals surface area contributed by atoms with E-state index < -0.39 is 59.6 Å². The topological polar surface area (TPSA) is 117 Å². The van der Waals surface area contributed by atoms with Crippen molar-refractivity contribution in [2.45, 2.75) is 96.2 Å². The summed E-state index contributed by atoms with van der Waals surface area (Å²) in [6, 6.07) is 12.8. The summed E-state index contributed by atoms with van der Waals surface area (Å²) in [5, 5.41) is 10.7. The third-order valence-corrected chi connectivity index (χ3v) is 11.2. The Hall–Kier alpha value is -4.28. The van der Waals surface area contributed by atoms with Crippen LogP contribution in [0.25, 0.3) is 0 Å². The standard InChI is InChI=1S/C41H53N3O7/c1-9-11-20-32(46)42(8)28(7)36(29-18-13-12-14-19-29)50-40(49)33-31-21-22-41(51-31)34(33)38(47)44(30(24-45)25(3)4)37(41)39(48)43(23-10-2)35-26(5)16-15-17-27(35)6/h9-10,12-19,25,28,30-31,33-34,36-37,45H,1-2,11,20-24H2,3-8H3/t28-,30+,31+,33-,34-,36+,37+,41-/m1/s1. The molecule has 10 heteroatoms. The lowest BCUT2D eigenvalue weighted by Gasteiger charge is -2.41. The second kappa shape index (κ2) is 15.5. The van der Waals surface area contributed by atoms with Crippen LogP contribution in [-0.2, 0) is 28.7 Å². The number of para-hydroxylation sites is 1. The SMILES string of the molecule is C=CCCC(=O)N(C)[C@H](C)[C@H](OC(=O)[C@@H]1[C@@H]2CC[C@]3(O2)[C@H](C(=O)N(CC=C)c2c(C)cccc2C)N([C@@H](CO)C(C)C)C(=O)[C@@H]13)c1ccccc1. The maximum absolute atomic E-state index is 15.1. The van der Waals surface area contributed by atoms with E-state index in [9.17, 15) is 19.5 Å². The number of fused-ring (bicyclic) bond motifs is 1. The van der Waals surface area contributed by atoms with Gasteiger partial charge in [-0.25, -0.2) is 0 Å². The molecule has 0 saturated carbocycles. The van der Waals surface area contributed by atoms with Crippen molar-refractivity contribution in [2.75, 3.05) is 25.1 Å². The zero-order valence-corrected chi connectivity index (χ0v) is 30.8. The van der Waals surface area contributed by atoms with Crippen molar-refractivity contribution >= 4 is 29.4 Å². The monoisotopic (exact) mass is 699 g/mol. The molecule has 2 aromatic rings. The first-order valence-electron chi connectivity index (χ1n) is 18.1. The highest BCUT2D eigenvalue weighted by molar-refractivity contribution is 6.05. The van der Waals surface area contributed by atoms with Crippen LogP contribution in [0.3, 0.4) is 0 Å². The van der Waals surface area contributed by atoms with Crippen LogP contribution in [0.15, 0.2) is 73.8 Å². The highest BCUT2D eigenvalue weighted by Gasteiger charge is 2.76. The van der Waals surface area contributed by atoms with Crippen LogP contribution < -0.4 is 4.90 Å². The van der Waals surface area contributed by atoms with Crippen molar-refractivity contribution in [3.63, 3.8) is 0 Å². The molecule has 3 fully saturated rings. The van der Waals surface area contributed by atoms with Crippen molar-refractivity contribution in [1.82, 2.24) is 9.80 Å². The first kappa shape index (κ1) is 38.0. The summed E-state index contributed by atoms with van der Waals surface area (Å²) in [4.78, 5) is 62.2. The number of ether oxygens (including phenoxy) is 2. The molecule has 1 N–H and O–H groups in total. The van der Waals surface area contributed by atoms with Gasteiger partial charge in [-0.2, -0.15) is 0 Å². The van der Waals surface area contributed by atoms with Gasteiger partial charge in [-0.3, -0.25) is 19.2 Å². The Balaban J connectivity index is 1.55. The van der Waals surface area contributed by atoms with Gasteiger partial charge in [0.05, 0.1) is 36.6 Å². The maximum Gasteiger partial charge on any atom is 0.313 e. The Bertz CT molecular complexity index is 1620. The first-order chi connectivity index (χ1) is 24.3. The van der Waals surface area contributed by atoms with Gasteiger partial charge in [0.15, 0.2) is 0 Å². The summed E-state index contributed by atoms with van der Waals surface area (Å²) < 4.78 is 13.1. The molecule has 51 heavy (non-hydrogen) atoms. The van der Waals surface area contributed by atoms with Crippen LogP contribution in [0.5, 0.6) is 0 Å². The van der Waals surface area contributed by atoms with Gasteiger partial charge in [-0.05, 0) is 62.6 Å². The molecule has 3 saturated heterocycles. The van der Waals surface area contributed by atoms with E-state index in [2.05, 4.69) is 13.2 Å². The number of nitrogens with zero attached hydrogens (tertiary/aromatic N) is 3. The lowest BCUT2D eigenvalue weighted by Crippen LogP contribution is -2.60. The van der Waals surface area contributed by atoms with E-state index in [-0.39, 0.29) is 37.3 Å². The largest absolute Gasteiger partial charge is 0.455 e. The number of aryl methyl sites for hydroxylation is 2. The number of likely N-dealkylation sites (N-methyl/N-ethyl adjacent to an activating group) is 1. The lowest BCUT2D eigenvalue weighted by molar-refractivity contribution is -0.165. The molecule has 3 amide bonds. The average Bonchev–Trinajstić information content (AvgIpc) is 3.76. The van der Waals surface area contributed by atoms with Gasteiger partial charge < -0.3 is 29.3 Å². The van der Waals surface area contributed by atoms with Gasteiger partial charge in [0.2, 0.25) is 11.8 Å². The number of aliphatic hydroxyl groups is 1. The van der Waals surface area contributed by atoms with Gasteiger partial charge in [0.25, 0.3) is 5.91 Å². The molecular formula is C41H53N3O7. The van der Waals surface area contributed by atoms with Crippen LogP contribution in [0, 0.1) is 31.6 Å². The van der Waals surface area contributed by atoms with Crippen molar-refractivity contribution in [2.24, 2.45) is 17.8 Å². The van der Waals surface area contributed by atoms with E-state index >= 15 is 4.79 Å². The third kappa shape index (κ3) is 6.76. The molecule has 2 bridgehead atoms. The predicted molar refractivity (Wildman–Crippen MR) is 196 cm³/mol. The molecular weight excluding hydrogens is 646 g/mol. The van der Waals surface area contributed by atoms with E-state index in [1.54, 1.807) is 29.0 Å². The minimum absolute atomic E-state index is 0.110. The number of hydrogen-bond acceptors (Lipinski definition) is 7. The zero-order chi connectivity index (χ0) is 37.2. The Morgan fingerprint density at radius 2 is 1.73 bits per heavy atom. The average molecular weight is 700 g/mol. The normalized spacial score (nSPS) is 25.3. The van der Waals surface area contributed by atoms with E-state index in [0.717, 1.165) is 16.8 Å². The number of likely N-dealkylation sites (tertiary alicyclic amines) is 1. The van der Waals surface area contributed by atoms with Gasteiger partial charge >= 0.3 is 5.97 Å². The smallest absolute Gasteiger partial charge is 0.313 e. The summed E-state index contributed by atoms with van der Waals surface area (Å²) in [6.07, 6.45) is 3.53. The molecule has 3 aliphatic rings. The molecule has 2 aromatic carbocycles. The fraction of sp³-hybridized carbons (Fsp3) is 0.512. The molecule has 0 aliphatic carbocycles. The number of carbonyl (C=O) groups is 4. The Kier molecular flexibility index (Phi) is 11.6. The number of esters is 1. The molecule has 8 atom stereocenters. The Labute approximate surface area is 302 Å². The third-order valence-electron chi connectivity index (χ3n) is 11.2. The van der Waals surface area contributed by atoms with Crippen LogP contribution in [0.2, 0.25) is 0 Å². The number of benzene rings is 2. The molecule has 3 aliphatic heterocycles. The molecule has 274 valence electrons.